The van der Waals surface area contributed by atoms with Gasteiger partial charge in [0, 0.05) is 17.6 Å². The van der Waals surface area contributed by atoms with Crippen LogP contribution in [0, 0.1) is 0 Å². The number of benzene rings is 1. The number of hydrogen-bond acceptors (Lipinski definition) is 3. The Hall–Kier alpha value is -1.59. The minimum absolute atomic E-state index is 0.675. The first-order chi connectivity index (χ1) is 9.69. The topological polar surface area (TPSA) is 24.5 Å². The molecule has 0 bridgehead atoms. The number of hydrogen-bond donors (Lipinski definition) is 1. The summed E-state index contributed by atoms with van der Waals surface area (Å²) in [7, 11) is 1.99. The molecular weight excluding hydrogens is 288 g/mol. The molecule has 1 heterocycles. The molecule has 3 nitrogen and oxygen atoms in total. The zero-order valence-corrected chi connectivity index (χ0v) is 13.3. The molecule has 106 valence electrons. The Morgan fingerprint density at radius 1 is 1.30 bits per heavy atom. The number of thiocarbonyl (C=S) groups is 1. The summed E-state index contributed by atoms with van der Waals surface area (Å²) in [6, 6.07) is 12.0. The molecule has 5 heteroatoms. The van der Waals surface area contributed by atoms with Gasteiger partial charge in [0.1, 0.15) is 5.75 Å². The van der Waals surface area contributed by atoms with Crippen molar-refractivity contribution in [1.29, 1.82) is 0 Å². The fraction of sp³-hybridized carbons (Fsp3) is 0.267. The van der Waals surface area contributed by atoms with E-state index < -0.39 is 0 Å². The molecule has 2 aromatic rings. The molecule has 0 spiro atoms. The molecule has 0 aliphatic rings. The first kappa shape index (κ1) is 14.8. The summed E-state index contributed by atoms with van der Waals surface area (Å²) in [4.78, 5) is 3.32. The number of rotatable bonds is 5. The Morgan fingerprint density at radius 2 is 2.05 bits per heavy atom. The maximum Gasteiger partial charge on any atom is 0.173 e. The highest BCUT2D eigenvalue weighted by Gasteiger charge is 2.06. The summed E-state index contributed by atoms with van der Waals surface area (Å²) < 4.78 is 5.41. The molecule has 1 N–H and O–H groups in total. The molecule has 0 atom stereocenters. The Labute approximate surface area is 129 Å². The molecule has 0 aliphatic carbocycles. The SMILES string of the molecule is CCOc1ccc(NC(=S)N(C)Cc2cccs2)cc1. The van der Waals surface area contributed by atoms with E-state index in [4.69, 9.17) is 17.0 Å². The highest BCUT2D eigenvalue weighted by Crippen LogP contribution is 2.17. The summed E-state index contributed by atoms with van der Waals surface area (Å²) in [6.45, 7) is 3.47. The first-order valence-corrected chi connectivity index (χ1v) is 7.75. The maximum absolute atomic E-state index is 5.41. The molecule has 0 fully saturated rings. The van der Waals surface area contributed by atoms with E-state index >= 15 is 0 Å². The van der Waals surface area contributed by atoms with Gasteiger partial charge in [0.2, 0.25) is 0 Å². The molecular formula is C15H18N2OS2. The lowest BCUT2D eigenvalue weighted by Gasteiger charge is -2.20. The Kier molecular flexibility index (Phi) is 5.38. The van der Waals surface area contributed by atoms with Crippen LogP contribution < -0.4 is 10.1 Å². The number of anilines is 1. The van der Waals surface area contributed by atoms with Gasteiger partial charge in [0.15, 0.2) is 5.11 Å². The second kappa shape index (κ2) is 7.26. The fourth-order valence-corrected chi connectivity index (χ4v) is 2.67. The van der Waals surface area contributed by atoms with Gasteiger partial charge in [-0.25, -0.2) is 0 Å². The zero-order valence-electron chi connectivity index (χ0n) is 11.6. The van der Waals surface area contributed by atoms with Gasteiger partial charge in [0.25, 0.3) is 0 Å². The van der Waals surface area contributed by atoms with Crippen LogP contribution in [-0.4, -0.2) is 23.7 Å². The zero-order chi connectivity index (χ0) is 14.4. The van der Waals surface area contributed by atoms with Crippen molar-refractivity contribution < 1.29 is 4.74 Å². The van der Waals surface area contributed by atoms with Crippen LogP contribution in [0.15, 0.2) is 41.8 Å². The van der Waals surface area contributed by atoms with E-state index in [-0.39, 0.29) is 0 Å². The van der Waals surface area contributed by atoms with Crippen molar-refractivity contribution in [3.05, 3.63) is 46.7 Å². The van der Waals surface area contributed by atoms with Crippen molar-refractivity contribution >= 4 is 34.4 Å². The monoisotopic (exact) mass is 306 g/mol. The van der Waals surface area contributed by atoms with Crippen molar-refractivity contribution in [1.82, 2.24) is 4.90 Å². The summed E-state index contributed by atoms with van der Waals surface area (Å²) in [6.07, 6.45) is 0. The molecule has 0 aliphatic heterocycles. The molecule has 1 aromatic carbocycles. The van der Waals surface area contributed by atoms with Gasteiger partial charge >= 0.3 is 0 Å². The van der Waals surface area contributed by atoms with Gasteiger partial charge < -0.3 is 15.0 Å². The highest BCUT2D eigenvalue weighted by molar-refractivity contribution is 7.80. The minimum atomic E-state index is 0.675. The van der Waals surface area contributed by atoms with Crippen molar-refractivity contribution in [2.24, 2.45) is 0 Å². The van der Waals surface area contributed by atoms with Gasteiger partial charge in [0.05, 0.1) is 13.2 Å². The third-order valence-electron chi connectivity index (χ3n) is 2.74. The lowest BCUT2D eigenvalue weighted by Crippen LogP contribution is -2.30. The lowest BCUT2D eigenvalue weighted by atomic mass is 10.3. The van der Waals surface area contributed by atoms with Crippen LogP contribution in [-0.2, 0) is 6.54 Å². The Balaban J connectivity index is 1.90. The van der Waals surface area contributed by atoms with Gasteiger partial charge in [-0.3, -0.25) is 0 Å². The lowest BCUT2D eigenvalue weighted by molar-refractivity contribution is 0.340. The largest absolute Gasteiger partial charge is 0.494 e. The standard InChI is InChI=1S/C15H18N2OS2/c1-3-18-13-8-6-12(7-9-13)16-15(19)17(2)11-14-5-4-10-20-14/h4-10H,3,11H2,1-2H3,(H,16,19). The predicted octanol–water partition coefficient (Wildman–Crippen LogP) is 3.98. The number of nitrogens with zero attached hydrogens (tertiary/aromatic N) is 1. The number of ether oxygens (including phenoxy) is 1. The highest BCUT2D eigenvalue weighted by atomic mass is 32.1. The normalized spacial score (nSPS) is 10.1. The second-order valence-electron chi connectivity index (χ2n) is 4.32. The van der Waals surface area contributed by atoms with E-state index in [0.29, 0.717) is 11.7 Å². The van der Waals surface area contributed by atoms with Gasteiger partial charge in [-0.1, -0.05) is 6.07 Å². The maximum atomic E-state index is 5.41. The van der Waals surface area contributed by atoms with Gasteiger partial charge in [-0.05, 0) is 54.9 Å². The van der Waals surface area contributed by atoms with Crippen molar-refractivity contribution in [2.75, 3.05) is 19.0 Å². The Bertz CT molecular complexity index is 538. The van der Waals surface area contributed by atoms with E-state index in [0.717, 1.165) is 18.0 Å². The second-order valence-corrected chi connectivity index (χ2v) is 5.74. The summed E-state index contributed by atoms with van der Waals surface area (Å²) >= 11 is 7.14. The average Bonchev–Trinajstić information content (AvgIpc) is 2.94. The van der Waals surface area contributed by atoms with E-state index in [1.807, 2.05) is 43.1 Å². The third-order valence-corrected chi connectivity index (χ3v) is 4.01. The quantitative estimate of drug-likeness (QED) is 0.845. The molecule has 0 saturated carbocycles. The summed E-state index contributed by atoms with van der Waals surface area (Å²) in [5.41, 5.74) is 0.969. The van der Waals surface area contributed by atoms with E-state index in [1.54, 1.807) is 11.3 Å². The number of nitrogens with one attached hydrogen (secondary N) is 1. The summed E-state index contributed by atoms with van der Waals surface area (Å²) in [5, 5.41) is 6.02. The van der Waals surface area contributed by atoms with Crippen LogP contribution in [0.25, 0.3) is 0 Å². The first-order valence-electron chi connectivity index (χ1n) is 6.46. The number of thiophene rings is 1. The minimum Gasteiger partial charge on any atom is -0.494 e. The van der Waals surface area contributed by atoms with Crippen molar-refractivity contribution in [3.63, 3.8) is 0 Å². The molecule has 0 saturated heterocycles. The molecule has 0 unspecified atom stereocenters. The van der Waals surface area contributed by atoms with Crippen molar-refractivity contribution in [2.45, 2.75) is 13.5 Å². The molecule has 2 rings (SSSR count). The molecule has 0 radical (unpaired) electrons. The average molecular weight is 306 g/mol. The smallest absolute Gasteiger partial charge is 0.173 e. The van der Waals surface area contributed by atoms with Gasteiger partial charge in [-0.2, -0.15) is 0 Å². The van der Waals surface area contributed by atoms with Crippen LogP contribution in [0.2, 0.25) is 0 Å². The van der Waals surface area contributed by atoms with Crippen LogP contribution in [0.3, 0.4) is 0 Å². The van der Waals surface area contributed by atoms with E-state index in [1.165, 1.54) is 4.88 Å². The molecule has 0 amide bonds. The van der Waals surface area contributed by atoms with Crippen LogP contribution in [0.1, 0.15) is 11.8 Å². The Morgan fingerprint density at radius 3 is 2.65 bits per heavy atom. The summed E-state index contributed by atoms with van der Waals surface area (Å²) in [5.74, 6) is 0.871. The van der Waals surface area contributed by atoms with E-state index in [9.17, 15) is 0 Å². The van der Waals surface area contributed by atoms with Crippen LogP contribution in [0.5, 0.6) is 5.75 Å². The molecule has 20 heavy (non-hydrogen) atoms. The van der Waals surface area contributed by atoms with Crippen LogP contribution in [0.4, 0.5) is 5.69 Å². The third kappa shape index (κ3) is 4.21. The van der Waals surface area contributed by atoms with Gasteiger partial charge in [-0.15, -0.1) is 11.3 Å². The van der Waals surface area contributed by atoms with Crippen LogP contribution >= 0.6 is 23.6 Å². The van der Waals surface area contributed by atoms with E-state index in [2.05, 4.69) is 22.8 Å². The fourth-order valence-electron chi connectivity index (χ4n) is 1.73. The predicted molar refractivity (Wildman–Crippen MR) is 89.6 cm³/mol. The molecule has 1 aromatic heterocycles. The van der Waals surface area contributed by atoms with Crippen molar-refractivity contribution in [3.8, 4) is 5.75 Å².